The normalized spacial score (nSPS) is 11.9. The van der Waals surface area contributed by atoms with Crippen molar-refractivity contribution in [1.82, 2.24) is 5.32 Å². The van der Waals surface area contributed by atoms with Crippen LogP contribution in [0, 0.1) is 5.92 Å². The Bertz CT molecular complexity index is 1430. The number of carboxylic acids is 1. The Labute approximate surface area is 231 Å². The first kappa shape index (κ1) is 29.5. The number of hydrogen-bond acceptors (Lipinski definition) is 6. The van der Waals surface area contributed by atoms with Gasteiger partial charge in [-0.1, -0.05) is 67.9 Å². The smallest absolute Gasteiger partial charge is 0.407 e. The molecule has 12 heteroatoms. The molecule has 1 atom stereocenters. The van der Waals surface area contributed by atoms with E-state index in [9.17, 15) is 27.9 Å². The number of amides is 2. The van der Waals surface area contributed by atoms with Gasteiger partial charge in [-0.15, -0.1) is 0 Å². The molecular weight excluding hydrogens is 546 g/mol. The summed E-state index contributed by atoms with van der Waals surface area (Å²) >= 11 is 6.08. The summed E-state index contributed by atoms with van der Waals surface area (Å²) < 4.78 is 33.4. The van der Waals surface area contributed by atoms with Crippen molar-refractivity contribution in [3.8, 4) is 0 Å². The van der Waals surface area contributed by atoms with Crippen molar-refractivity contribution in [2.75, 3.05) is 16.2 Å². The van der Waals surface area contributed by atoms with Gasteiger partial charge in [0.25, 0.3) is 10.0 Å². The highest BCUT2D eigenvalue weighted by atomic mass is 35.5. The minimum atomic E-state index is -4.43. The molecule has 0 saturated carbocycles. The molecular formula is C27H28ClN3O7S. The fourth-order valence-electron chi connectivity index (χ4n) is 3.70. The number of ether oxygens (including phenoxy) is 1. The fraction of sp³-hybridized carbons (Fsp3) is 0.222. The van der Waals surface area contributed by atoms with E-state index in [1.165, 1.54) is 42.5 Å². The average Bonchev–Trinajstić information content (AvgIpc) is 2.89. The number of alkyl carbamates (subject to hydrolysis) is 1. The number of hydrogen-bond donors (Lipinski definition) is 3. The van der Waals surface area contributed by atoms with Crippen LogP contribution in [0.15, 0.2) is 83.8 Å². The van der Waals surface area contributed by atoms with Crippen LogP contribution in [0.5, 0.6) is 0 Å². The third kappa shape index (κ3) is 7.95. The lowest BCUT2D eigenvalue weighted by atomic mass is 10.0. The molecule has 0 aliphatic rings. The van der Waals surface area contributed by atoms with E-state index in [-0.39, 0.29) is 27.9 Å². The number of benzene rings is 3. The van der Waals surface area contributed by atoms with Crippen molar-refractivity contribution < 1.29 is 32.6 Å². The van der Waals surface area contributed by atoms with E-state index in [1.54, 1.807) is 44.2 Å². The molecule has 0 spiro atoms. The van der Waals surface area contributed by atoms with E-state index in [0.717, 1.165) is 9.87 Å². The van der Waals surface area contributed by atoms with E-state index in [1.807, 2.05) is 6.07 Å². The summed E-state index contributed by atoms with van der Waals surface area (Å²) in [5.74, 6) is -2.55. The largest absolute Gasteiger partial charge is 0.480 e. The summed E-state index contributed by atoms with van der Waals surface area (Å²) in [7, 11) is -4.43. The molecule has 206 valence electrons. The number of rotatable bonds is 11. The SMILES string of the molecule is CC(C)C(C(=O)O)N(c1cccc(Cl)c1)S(=O)(=O)c1cccc(NC(=O)CNC(=O)OCc2ccccc2)c1. The van der Waals surface area contributed by atoms with Crippen LogP contribution >= 0.6 is 11.6 Å². The minimum absolute atomic E-state index is 0.0328. The first-order chi connectivity index (χ1) is 18.5. The molecule has 0 radical (unpaired) electrons. The van der Waals surface area contributed by atoms with Gasteiger partial charge in [-0.2, -0.15) is 0 Å². The molecule has 0 aliphatic carbocycles. The van der Waals surface area contributed by atoms with Gasteiger partial charge >= 0.3 is 12.1 Å². The zero-order chi connectivity index (χ0) is 28.6. The van der Waals surface area contributed by atoms with Gasteiger partial charge < -0.3 is 20.5 Å². The van der Waals surface area contributed by atoms with Crippen molar-refractivity contribution in [3.63, 3.8) is 0 Å². The summed E-state index contributed by atoms with van der Waals surface area (Å²) in [6.07, 6.45) is -0.795. The van der Waals surface area contributed by atoms with Crippen LogP contribution in [0.4, 0.5) is 16.2 Å². The van der Waals surface area contributed by atoms with Crippen molar-refractivity contribution >= 4 is 51.0 Å². The summed E-state index contributed by atoms with van der Waals surface area (Å²) in [6.45, 7) is 2.80. The molecule has 3 aromatic rings. The Morgan fingerprint density at radius 2 is 1.67 bits per heavy atom. The van der Waals surface area contributed by atoms with E-state index in [2.05, 4.69) is 10.6 Å². The van der Waals surface area contributed by atoms with Crippen molar-refractivity contribution in [1.29, 1.82) is 0 Å². The summed E-state index contributed by atoms with van der Waals surface area (Å²) in [4.78, 5) is 36.2. The van der Waals surface area contributed by atoms with Gasteiger partial charge in [0, 0.05) is 10.7 Å². The first-order valence-corrected chi connectivity index (χ1v) is 13.7. The number of halogens is 1. The van der Waals surface area contributed by atoms with Gasteiger partial charge in [-0.3, -0.25) is 9.10 Å². The van der Waals surface area contributed by atoms with E-state index < -0.39 is 46.5 Å². The third-order valence-corrected chi connectivity index (χ3v) is 7.52. The lowest BCUT2D eigenvalue weighted by Gasteiger charge is -2.32. The van der Waals surface area contributed by atoms with Crippen LogP contribution in [0.3, 0.4) is 0 Å². The maximum atomic E-state index is 13.8. The molecule has 2 amide bonds. The Balaban J connectivity index is 1.76. The van der Waals surface area contributed by atoms with Gasteiger partial charge in [0.2, 0.25) is 5.91 Å². The molecule has 0 aliphatic heterocycles. The Hall–Kier alpha value is -4.09. The second kappa shape index (κ2) is 13.1. The molecule has 0 bridgehead atoms. The van der Waals surface area contributed by atoms with Crippen molar-refractivity contribution in [3.05, 3.63) is 89.4 Å². The lowest BCUT2D eigenvalue weighted by Crippen LogP contribution is -2.48. The molecule has 39 heavy (non-hydrogen) atoms. The predicted octanol–water partition coefficient (Wildman–Crippen LogP) is 4.51. The van der Waals surface area contributed by atoms with Crippen LogP contribution in [-0.2, 0) is 31.0 Å². The Morgan fingerprint density at radius 3 is 2.31 bits per heavy atom. The van der Waals surface area contributed by atoms with Crippen molar-refractivity contribution in [2.24, 2.45) is 5.92 Å². The van der Waals surface area contributed by atoms with Gasteiger partial charge in [0.05, 0.1) is 10.6 Å². The molecule has 0 heterocycles. The number of sulfonamides is 1. The molecule has 3 aromatic carbocycles. The fourth-order valence-corrected chi connectivity index (χ4v) is 5.66. The van der Waals surface area contributed by atoms with Crippen LogP contribution in [0.1, 0.15) is 19.4 Å². The van der Waals surface area contributed by atoms with Gasteiger partial charge in [0.15, 0.2) is 0 Å². The quantitative estimate of drug-likeness (QED) is 0.306. The monoisotopic (exact) mass is 573 g/mol. The number of anilines is 2. The number of nitrogens with one attached hydrogen (secondary N) is 2. The van der Waals surface area contributed by atoms with Crippen LogP contribution in [0.25, 0.3) is 0 Å². The van der Waals surface area contributed by atoms with Gasteiger partial charge in [-0.25, -0.2) is 18.0 Å². The zero-order valence-corrected chi connectivity index (χ0v) is 22.8. The van der Waals surface area contributed by atoms with E-state index in [0.29, 0.717) is 0 Å². The van der Waals surface area contributed by atoms with Crippen LogP contribution in [-0.4, -0.2) is 44.1 Å². The summed E-state index contributed by atoms with van der Waals surface area (Å²) in [5, 5.41) is 15.0. The highest BCUT2D eigenvalue weighted by Crippen LogP contribution is 2.31. The standard InChI is InChI=1S/C27H28ClN3O7S/c1-18(2)25(26(33)34)31(22-12-6-10-20(28)14-22)39(36,37)23-13-7-11-21(15-23)30-24(32)16-29-27(35)38-17-19-8-4-3-5-9-19/h3-15,18,25H,16-17H2,1-2H3,(H,29,35)(H,30,32)(H,33,34). The average molecular weight is 574 g/mol. The van der Waals surface area contributed by atoms with E-state index >= 15 is 0 Å². The molecule has 3 rings (SSSR count). The second-order valence-corrected chi connectivity index (χ2v) is 11.1. The number of carbonyl (C=O) groups excluding carboxylic acids is 2. The summed E-state index contributed by atoms with van der Waals surface area (Å²) in [6, 6.07) is 18.8. The Kier molecular flexibility index (Phi) is 9.91. The number of aliphatic carboxylic acids is 1. The highest BCUT2D eigenvalue weighted by Gasteiger charge is 2.38. The summed E-state index contributed by atoms with van der Waals surface area (Å²) in [5.41, 5.74) is 0.990. The van der Waals surface area contributed by atoms with Crippen LogP contribution in [0.2, 0.25) is 5.02 Å². The maximum absolute atomic E-state index is 13.8. The molecule has 10 nitrogen and oxygen atoms in total. The molecule has 0 saturated heterocycles. The number of carbonyl (C=O) groups is 3. The Morgan fingerprint density at radius 1 is 0.974 bits per heavy atom. The molecule has 0 fully saturated rings. The van der Waals surface area contributed by atoms with Crippen LogP contribution < -0.4 is 14.9 Å². The van der Waals surface area contributed by atoms with Crippen molar-refractivity contribution in [2.45, 2.75) is 31.4 Å². The van der Waals surface area contributed by atoms with E-state index in [4.69, 9.17) is 16.3 Å². The zero-order valence-electron chi connectivity index (χ0n) is 21.2. The van der Waals surface area contributed by atoms with Gasteiger partial charge in [0.1, 0.15) is 19.2 Å². The lowest BCUT2D eigenvalue weighted by molar-refractivity contribution is -0.139. The highest BCUT2D eigenvalue weighted by molar-refractivity contribution is 7.93. The maximum Gasteiger partial charge on any atom is 0.407 e. The third-order valence-electron chi connectivity index (χ3n) is 5.48. The van der Waals surface area contributed by atoms with Gasteiger partial charge in [-0.05, 0) is 47.9 Å². The number of nitrogens with zero attached hydrogens (tertiary/aromatic N) is 1. The molecule has 0 aromatic heterocycles. The molecule has 3 N–H and O–H groups in total. The molecule has 1 unspecified atom stereocenters. The number of carboxylic acid groups (broad SMARTS) is 1. The minimum Gasteiger partial charge on any atom is -0.480 e. The topological polar surface area (TPSA) is 142 Å². The predicted molar refractivity (Wildman–Crippen MR) is 147 cm³/mol. The second-order valence-electron chi connectivity index (χ2n) is 8.80. The first-order valence-electron chi connectivity index (χ1n) is 11.9.